The highest BCUT2D eigenvalue weighted by molar-refractivity contribution is 4.39. The fourth-order valence-corrected chi connectivity index (χ4v) is 0.484. The van der Waals surface area contributed by atoms with Crippen molar-refractivity contribution in [2.45, 2.75) is 32.4 Å². The van der Waals surface area contributed by atoms with Crippen LogP contribution in [0.3, 0.4) is 0 Å². The maximum atomic E-state index is 10.3. The Morgan fingerprint density at radius 1 is 1.67 bits per heavy atom. The van der Waals surface area contributed by atoms with E-state index < -0.39 is 11.2 Å². The summed E-state index contributed by atoms with van der Waals surface area (Å²) in [5.74, 6) is 0. The van der Waals surface area contributed by atoms with Crippen molar-refractivity contribution in [1.29, 1.82) is 0 Å². The minimum absolute atomic E-state index is 0.156. The van der Waals surface area contributed by atoms with Gasteiger partial charge in [-0.15, -0.1) is 0 Å². The number of hydrogen-bond donors (Lipinski definition) is 0. The molecule has 0 saturated heterocycles. The second kappa shape index (κ2) is 4.26. The van der Waals surface area contributed by atoms with Crippen molar-refractivity contribution in [1.82, 2.24) is 0 Å². The van der Waals surface area contributed by atoms with Gasteiger partial charge in [0, 0.05) is 6.42 Å². The van der Waals surface area contributed by atoms with Gasteiger partial charge in [0.05, 0.1) is 4.92 Å². The SMILES string of the molecule is CCCCC([O])[N+](=O)[O-]. The maximum absolute atomic E-state index is 10.3. The van der Waals surface area contributed by atoms with Crippen molar-refractivity contribution in [2.75, 3.05) is 0 Å². The Labute approximate surface area is 53.6 Å². The molecular weight excluding hydrogens is 122 g/mol. The second-order valence-electron chi connectivity index (χ2n) is 1.88. The zero-order valence-electron chi connectivity index (χ0n) is 5.37. The van der Waals surface area contributed by atoms with Crippen molar-refractivity contribution in [3.63, 3.8) is 0 Å². The molecule has 9 heavy (non-hydrogen) atoms. The van der Waals surface area contributed by atoms with Gasteiger partial charge in [-0.1, -0.05) is 13.3 Å². The number of nitro groups is 1. The van der Waals surface area contributed by atoms with Crippen LogP contribution in [0.15, 0.2) is 0 Å². The summed E-state index contributed by atoms with van der Waals surface area (Å²) in [6, 6.07) is 0. The number of nitrogens with zero attached hydrogens (tertiary/aromatic N) is 1. The van der Waals surface area contributed by atoms with Crippen molar-refractivity contribution in [3.8, 4) is 0 Å². The quantitative estimate of drug-likeness (QED) is 0.328. The summed E-state index contributed by atoms with van der Waals surface area (Å²) in [6.45, 7) is 1.90. The zero-order chi connectivity index (χ0) is 7.28. The molecule has 0 aromatic rings. The van der Waals surface area contributed by atoms with Crippen LogP contribution in [0.5, 0.6) is 0 Å². The molecule has 0 amide bonds. The standard InChI is InChI=1S/C5H10NO3/c1-2-3-4-5(7)6(8)9/h5H,2-4H2,1H3. The van der Waals surface area contributed by atoms with Crippen LogP contribution in [0, 0.1) is 10.1 Å². The van der Waals surface area contributed by atoms with Gasteiger partial charge in [0.15, 0.2) is 0 Å². The van der Waals surface area contributed by atoms with Crippen LogP contribution in [-0.2, 0) is 5.11 Å². The molecule has 0 spiro atoms. The van der Waals surface area contributed by atoms with E-state index in [1.807, 2.05) is 6.92 Å². The molecule has 0 aromatic heterocycles. The van der Waals surface area contributed by atoms with Gasteiger partial charge < -0.3 is 0 Å². The summed E-state index contributed by atoms with van der Waals surface area (Å²) < 4.78 is 0. The Bertz CT molecular complexity index is 94.2. The number of unbranched alkanes of at least 4 members (excludes halogenated alkanes) is 1. The predicted octanol–water partition coefficient (Wildman–Crippen LogP) is 1.21. The third-order valence-electron chi connectivity index (χ3n) is 1.04. The molecule has 0 aliphatic heterocycles. The van der Waals surface area contributed by atoms with Crippen molar-refractivity contribution in [3.05, 3.63) is 10.1 Å². The fraction of sp³-hybridized carbons (Fsp3) is 1.00. The molecule has 1 radical (unpaired) electrons. The fourth-order valence-electron chi connectivity index (χ4n) is 0.484. The van der Waals surface area contributed by atoms with Crippen LogP contribution in [0.2, 0.25) is 0 Å². The minimum Gasteiger partial charge on any atom is -0.262 e. The van der Waals surface area contributed by atoms with Crippen molar-refractivity contribution >= 4 is 0 Å². The first kappa shape index (κ1) is 8.36. The topological polar surface area (TPSA) is 63.0 Å². The Morgan fingerprint density at radius 2 is 2.22 bits per heavy atom. The molecular formula is C5H10NO3. The van der Waals surface area contributed by atoms with Crippen LogP contribution in [0.25, 0.3) is 0 Å². The van der Waals surface area contributed by atoms with Gasteiger partial charge in [-0.3, -0.25) is 10.1 Å². The van der Waals surface area contributed by atoms with Crippen LogP contribution in [0.1, 0.15) is 26.2 Å². The lowest BCUT2D eigenvalue weighted by Gasteiger charge is -1.96. The van der Waals surface area contributed by atoms with E-state index >= 15 is 0 Å². The smallest absolute Gasteiger partial charge is 0.262 e. The monoisotopic (exact) mass is 132 g/mol. The first-order chi connectivity index (χ1) is 4.18. The Morgan fingerprint density at radius 3 is 2.56 bits per heavy atom. The minimum atomic E-state index is -1.61. The molecule has 0 bridgehead atoms. The molecule has 4 heteroatoms. The van der Waals surface area contributed by atoms with E-state index in [0.29, 0.717) is 6.42 Å². The van der Waals surface area contributed by atoms with Crippen LogP contribution < -0.4 is 0 Å². The third-order valence-corrected chi connectivity index (χ3v) is 1.04. The van der Waals surface area contributed by atoms with Gasteiger partial charge >= 0.3 is 6.23 Å². The van der Waals surface area contributed by atoms with Gasteiger partial charge in [-0.25, -0.2) is 0 Å². The lowest BCUT2D eigenvalue weighted by Crippen LogP contribution is -2.16. The van der Waals surface area contributed by atoms with Crippen LogP contribution in [0.4, 0.5) is 0 Å². The molecule has 0 rings (SSSR count). The van der Waals surface area contributed by atoms with E-state index in [2.05, 4.69) is 0 Å². The summed E-state index contributed by atoms with van der Waals surface area (Å²) in [7, 11) is 0. The number of hydrogen-bond acceptors (Lipinski definition) is 2. The highest BCUT2D eigenvalue weighted by Crippen LogP contribution is 2.00. The molecule has 0 aromatic carbocycles. The van der Waals surface area contributed by atoms with E-state index in [1.165, 1.54) is 0 Å². The lowest BCUT2D eigenvalue weighted by atomic mass is 10.2. The lowest BCUT2D eigenvalue weighted by molar-refractivity contribution is -0.582. The van der Waals surface area contributed by atoms with E-state index in [4.69, 9.17) is 0 Å². The summed E-state index contributed by atoms with van der Waals surface area (Å²) in [5, 5.41) is 20.0. The summed E-state index contributed by atoms with van der Waals surface area (Å²) in [6.07, 6.45) is 0.0375. The molecule has 0 fully saturated rings. The van der Waals surface area contributed by atoms with Gasteiger partial charge in [-0.2, -0.15) is 5.11 Å². The molecule has 53 valence electrons. The average Bonchev–Trinajstić information content (AvgIpc) is 1.82. The van der Waals surface area contributed by atoms with Gasteiger partial charge in [0.25, 0.3) is 0 Å². The summed E-state index contributed by atoms with van der Waals surface area (Å²) in [4.78, 5) is 8.92. The van der Waals surface area contributed by atoms with E-state index in [0.717, 1.165) is 6.42 Å². The van der Waals surface area contributed by atoms with Gasteiger partial charge in [-0.05, 0) is 6.42 Å². The molecule has 1 unspecified atom stereocenters. The predicted molar refractivity (Wildman–Crippen MR) is 31.0 cm³/mol. The molecule has 1 atom stereocenters. The third kappa shape index (κ3) is 3.90. The van der Waals surface area contributed by atoms with Crippen molar-refractivity contribution < 1.29 is 10.0 Å². The molecule has 0 N–H and O–H groups in total. The van der Waals surface area contributed by atoms with Gasteiger partial charge in [0.2, 0.25) is 0 Å². The normalized spacial score (nSPS) is 13.1. The van der Waals surface area contributed by atoms with Crippen molar-refractivity contribution in [2.24, 2.45) is 0 Å². The Hall–Kier alpha value is -0.640. The summed E-state index contributed by atoms with van der Waals surface area (Å²) >= 11 is 0. The molecule has 0 heterocycles. The average molecular weight is 132 g/mol. The van der Waals surface area contributed by atoms with Crippen LogP contribution in [-0.4, -0.2) is 11.2 Å². The molecule has 4 nitrogen and oxygen atoms in total. The number of rotatable bonds is 4. The Balaban J connectivity index is 3.27. The maximum Gasteiger partial charge on any atom is 0.342 e. The second-order valence-corrected chi connectivity index (χ2v) is 1.88. The van der Waals surface area contributed by atoms with Crippen LogP contribution >= 0.6 is 0 Å². The molecule has 0 saturated carbocycles. The van der Waals surface area contributed by atoms with E-state index in [1.54, 1.807) is 0 Å². The highest BCUT2D eigenvalue weighted by Gasteiger charge is 2.14. The largest absolute Gasteiger partial charge is 0.342 e. The van der Waals surface area contributed by atoms with E-state index in [-0.39, 0.29) is 6.42 Å². The molecule has 0 aliphatic carbocycles. The van der Waals surface area contributed by atoms with Gasteiger partial charge in [0.1, 0.15) is 0 Å². The molecule has 0 aliphatic rings. The first-order valence-electron chi connectivity index (χ1n) is 2.97. The summed E-state index contributed by atoms with van der Waals surface area (Å²) in [5.41, 5.74) is 0. The Kier molecular flexibility index (Phi) is 3.96. The first-order valence-corrected chi connectivity index (χ1v) is 2.97. The zero-order valence-corrected chi connectivity index (χ0v) is 5.37. The van der Waals surface area contributed by atoms with E-state index in [9.17, 15) is 15.2 Å². The highest BCUT2D eigenvalue weighted by atomic mass is 16.7.